The van der Waals surface area contributed by atoms with Crippen LogP contribution in [0.4, 0.5) is 15.8 Å². The molecule has 1 atom stereocenters. The van der Waals surface area contributed by atoms with Crippen LogP contribution in [-0.2, 0) is 9.59 Å². The maximum Gasteiger partial charge on any atom is 0.279 e. The number of carbonyl (C=O) groups excluding carboxylic acids is 2. The molecular weight excluding hydrogens is 385 g/mol. The normalized spacial score (nSPS) is 11.6. The fraction of sp³-hybridized carbons (Fsp3) is 0.300. The van der Waals surface area contributed by atoms with Crippen LogP contribution in [0.3, 0.4) is 0 Å². The molecule has 2 rings (SSSR count). The summed E-state index contributed by atoms with van der Waals surface area (Å²) in [5.41, 5.74) is 0.988. The summed E-state index contributed by atoms with van der Waals surface area (Å²) in [4.78, 5) is 25.5. The van der Waals surface area contributed by atoms with Gasteiger partial charge in [-0.15, -0.1) is 0 Å². The van der Waals surface area contributed by atoms with Gasteiger partial charge in [0.1, 0.15) is 11.6 Å². The third kappa shape index (κ3) is 6.51. The van der Waals surface area contributed by atoms with Gasteiger partial charge in [0.25, 0.3) is 11.8 Å². The zero-order chi connectivity index (χ0) is 20.5. The summed E-state index contributed by atoms with van der Waals surface area (Å²) in [7, 11) is 1.53. The fourth-order valence-corrected chi connectivity index (χ4v) is 2.95. The van der Waals surface area contributed by atoms with Crippen molar-refractivity contribution in [3.8, 4) is 5.75 Å². The topological polar surface area (TPSA) is 71.9 Å². The number of methoxy groups -OCH3 is 1. The van der Waals surface area contributed by atoms with E-state index in [2.05, 4.69) is 10.6 Å². The van der Waals surface area contributed by atoms with Gasteiger partial charge in [-0.05, 0) is 36.8 Å². The van der Waals surface area contributed by atoms with Crippen LogP contribution >= 0.6 is 11.6 Å². The van der Waals surface area contributed by atoms with Gasteiger partial charge >= 0.3 is 0 Å². The lowest BCUT2D eigenvalue weighted by Crippen LogP contribution is -3.14. The largest absolute Gasteiger partial charge is 0.495 e. The summed E-state index contributed by atoms with van der Waals surface area (Å²) in [6, 6.07) is 11.1. The van der Waals surface area contributed by atoms with Crippen LogP contribution in [0.25, 0.3) is 0 Å². The van der Waals surface area contributed by atoms with Crippen molar-refractivity contribution in [2.45, 2.75) is 13.3 Å². The van der Waals surface area contributed by atoms with Crippen molar-refractivity contribution in [1.82, 2.24) is 0 Å². The predicted molar refractivity (Wildman–Crippen MR) is 108 cm³/mol. The molecule has 0 aliphatic rings. The van der Waals surface area contributed by atoms with E-state index in [0.29, 0.717) is 23.7 Å². The second kappa shape index (κ2) is 10.6. The minimum Gasteiger partial charge on any atom is -0.495 e. The van der Waals surface area contributed by atoms with Crippen molar-refractivity contribution in [2.24, 2.45) is 0 Å². The molecule has 0 radical (unpaired) electrons. The standard InChI is InChI=1S/C20H23ClFN3O3/c1-3-10-25(12-19(26)23-14-8-9-16(22)15(21)11-14)13-20(27)24-17-6-4-5-7-18(17)28-2/h4-9,11H,3,10,12-13H2,1-2H3,(H,23,26)(H,24,27)/p+1. The molecule has 0 saturated heterocycles. The van der Waals surface area contributed by atoms with Crippen molar-refractivity contribution in [3.05, 3.63) is 53.3 Å². The van der Waals surface area contributed by atoms with Gasteiger partial charge in [-0.2, -0.15) is 0 Å². The lowest BCUT2D eigenvalue weighted by Gasteiger charge is -2.18. The van der Waals surface area contributed by atoms with Gasteiger partial charge < -0.3 is 20.3 Å². The first-order chi connectivity index (χ1) is 13.4. The maximum absolute atomic E-state index is 13.2. The molecule has 0 saturated carbocycles. The van der Waals surface area contributed by atoms with E-state index in [0.717, 1.165) is 11.3 Å². The van der Waals surface area contributed by atoms with E-state index in [1.54, 1.807) is 18.2 Å². The van der Waals surface area contributed by atoms with Gasteiger partial charge in [0.15, 0.2) is 13.1 Å². The Morgan fingerprint density at radius 2 is 1.79 bits per heavy atom. The predicted octanol–water partition coefficient (Wildman–Crippen LogP) is 2.36. The Kier molecular flexibility index (Phi) is 8.22. The SMILES string of the molecule is CCC[NH+](CC(=O)Nc1ccc(F)c(Cl)c1)CC(=O)Nc1ccccc1OC. The van der Waals surface area contributed by atoms with Gasteiger partial charge in [-0.3, -0.25) is 9.59 Å². The zero-order valence-corrected chi connectivity index (χ0v) is 16.6. The first kappa shape index (κ1) is 21.7. The van der Waals surface area contributed by atoms with E-state index >= 15 is 0 Å². The van der Waals surface area contributed by atoms with E-state index in [-0.39, 0.29) is 29.9 Å². The van der Waals surface area contributed by atoms with Crippen LogP contribution in [0.1, 0.15) is 13.3 Å². The third-order valence-corrected chi connectivity index (χ3v) is 4.30. The second-order valence-electron chi connectivity index (χ2n) is 6.28. The highest BCUT2D eigenvalue weighted by atomic mass is 35.5. The first-order valence-electron chi connectivity index (χ1n) is 8.94. The van der Waals surface area contributed by atoms with Crippen molar-refractivity contribution >= 4 is 34.8 Å². The molecule has 1 unspecified atom stereocenters. The average Bonchev–Trinajstić information content (AvgIpc) is 2.65. The number of ether oxygens (including phenoxy) is 1. The molecule has 0 aliphatic carbocycles. The molecule has 2 aromatic carbocycles. The van der Waals surface area contributed by atoms with Crippen LogP contribution in [-0.4, -0.2) is 38.6 Å². The van der Waals surface area contributed by atoms with Crippen molar-refractivity contribution in [1.29, 1.82) is 0 Å². The fourth-order valence-electron chi connectivity index (χ4n) is 2.77. The monoisotopic (exact) mass is 408 g/mol. The van der Waals surface area contributed by atoms with Gasteiger partial charge in [-0.25, -0.2) is 4.39 Å². The molecule has 2 amide bonds. The number of hydrogen-bond acceptors (Lipinski definition) is 3. The molecule has 8 heteroatoms. The molecular formula is C20H24ClFN3O3+. The molecule has 0 aromatic heterocycles. The van der Waals surface area contributed by atoms with Crippen molar-refractivity contribution in [2.75, 3.05) is 37.4 Å². The van der Waals surface area contributed by atoms with Crippen molar-refractivity contribution < 1.29 is 23.6 Å². The average molecular weight is 409 g/mol. The Balaban J connectivity index is 1.95. The molecule has 0 fully saturated rings. The zero-order valence-electron chi connectivity index (χ0n) is 15.9. The van der Waals surface area contributed by atoms with Crippen LogP contribution in [0, 0.1) is 5.82 Å². The van der Waals surface area contributed by atoms with Crippen molar-refractivity contribution in [3.63, 3.8) is 0 Å². The molecule has 3 N–H and O–H groups in total. The van der Waals surface area contributed by atoms with Gasteiger partial charge in [-0.1, -0.05) is 30.7 Å². The molecule has 150 valence electrons. The summed E-state index contributed by atoms with van der Waals surface area (Å²) in [5, 5.41) is 5.43. The lowest BCUT2D eigenvalue weighted by atomic mass is 10.3. The second-order valence-corrected chi connectivity index (χ2v) is 6.69. The highest BCUT2D eigenvalue weighted by Crippen LogP contribution is 2.22. The number of rotatable bonds is 9. The molecule has 0 bridgehead atoms. The number of halogens is 2. The number of quaternary nitrogens is 1. The molecule has 6 nitrogen and oxygen atoms in total. The molecule has 0 heterocycles. The highest BCUT2D eigenvalue weighted by molar-refractivity contribution is 6.31. The molecule has 28 heavy (non-hydrogen) atoms. The molecule has 2 aromatic rings. The number of carbonyl (C=O) groups is 2. The van der Waals surface area contributed by atoms with Gasteiger partial charge in [0.2, 0.25) is 0 Å². The quantitative estimate of drug-likeness (QED) is 0.596. The molecule has 0 spiro atoms. The smallest absolute Gasteiger partial charge is 0.279 e. The number of amides is 2. The first-order valence-corrected chi connectivity index (χ1v) is 9.32. The number of anilines is 2. The van der Waals surface area contributed by atoms with E-state index in [1.807, 2.05) is 13.0 Å². The summed E-state index contributed by atoms with van der Waals surface area (Å²) < 4.78 is 18.4. The Morgan fingerprint density at radius 3 is 2.43 bits per heavy atom. The Labute approximate surface area is 168 Å². The van der Waals surface area contributed by atoms with Crippen LogP contribution < -0.4 is 20.3 Å². The summed E-state index contributed by atoms with van der Waals surface area (Å²) in [5.74, 6) is -0.480. The van der Waals surface area contributed by atoms with Crippen LogP contribution in [0.5, 0.6) is 5.75 Å². The minimum absolute atomic E-state index is 0.0632. The van der Waals surface area contributed by atoms with Gasteiger partial charge in [0, 0.05) is 5.69 Å². The number of para-hydroxylation sites is 2. The Bertz CT molecular complexity index is 832. The van der Waals surface area contributed by atoms with Crippen LogP contribution in [0.2, 0.25) is 5.02 Å². The Hall–Kier alpha value is -2.64. The minimum atomic E-state index is -0.550. The maximum atomic E-state index is 13.2. The number of nitrogens with one attached hydrogen (secondary N) is 3. The van der Waals surface area contributed by atoms with E-state index in [4.69, 9.17) is 16.3 Å². The lowest BCUT2D eigenvalue weighted by molar-refractivity contribution is -0.883. The summed E-state index contributed by atoms with van der Waals surface area (Å²) in [6.45, 7) is 2.86. The van der Waals surface area contributed by atoms with Crippen LogP contribution in [0.15, 0.2) is 42.5 Å². The summed E-state index contributed by atoms with van der Waals surface area (Å²) in [6.07, 6.45) is 0.812. The Morgan fingerprint density at radius 1 is 1.11 bits per heavy atom. The van der Waals surface area contributed by atoms with E-state index in [1.165, 1.54) is 25.3 Å². The molecule has 0 aliphatic heterocycles. The number of hydrogen-bond donors (Lipinski definition) is 3. The third-order valence-electron chi connectivity index (χ3n) is 4.01. The van der Waals surface area contributed by atoms with E-state index < -0.39 is 5.82 Å². The van der Waals surface area contributed by atoms with Gasteiger partial charge in [0.05, 0.1) is 24.4 Å². The van der Waals surface area contributed by atoms with E-state index in [9.17, 15) is 14.0 Å². The highest BCUT2D eigenvalue weighted by Gasteiger charge is 2.19. The number of benzene rings is 2. The summed E-state index contributed by atoms with van der Waals surface area (Å²) >= 11 is 5.73.